The Morgan fingerprint density at radius 1 is 1.06 bits per heavy atom. The van der Waals surface area contributed by atoms with Gasteiger partial charge in [-0.15, -0.1) is 0 Å². The average molecular weight is 212 g/mol. The molecule has 0 N–H and O–H groups in total. The first kappa shape index (κ1) is 10.4. The summed E-state index contributed by atoms with van der Waals surface area (Å²) in [6.45, 7) is 1.95. The molecule has 0 aliphatic carbocycles. The molecule has 0 radical (unpaired) electrons. The minimum absolute atomic E-state index is 0.622. The molecule has 2 heteroatoms. The number of carbonyl (C=O) groups is 1. The van der Waals surface area contributed by atoms with Gasteiger partial charge in [-0.2, -0.15) is 0 Å². The molecule has 2 rings (SSSR count). The van der Waals surface area contributed by atoms with Crippen LogP contribution in [0.4, 0.5) is 0 Å². The fraction of sp³-hybridized carbons (Fsp3) is 0.0714. The molecular formula is C14H12O2. The fourth-order valence-corrected chi connectivity index (χ4v) is 1.42. The van der Waals surface area contributed by atoms with Crippen molar-refractivity contribution in [2.75, 3.05) is 0 Å². The third-order valence-electron chi connectivity index (χ3n) is 2.32. The number of carbonyl (C=O) groups excluding carboxylic acids is 1. The number of rotatable bonds is 3. The zero-order chi connectivity index (χ0) is 11.4. The number of aryl methyl sites for hydroxylation is 1. The second kappa shape index (κ2) is 4.62. The second-order valence-electron chi connectivity index (χ2n) is 3.56. The number of benzene rings is 2. The van der Waals surface area contributed by atoms with Crippen LogP contribution in [0, 0.1) is 6.92 Å². The van der Waals surface area contributed by atoms with Crippen molar-refractivity contribution in [3.63, 3.8) is 0 Å². The van der Waals surface area contributed by atoms with Gasteiger partial charge in [-0.3, -0.25) is 4.79 Å². The van der Waals surface area contributed by atoms with Crippen LogP contribution in [0.5, 0.6) is 11.5 Å². The van der Waals surface area contributed by atoms with E-state index in [1.54, 1.807) is 12.1 Å². The molecule has 2 aromatic rings. The van der Waals surface area contributed by atoms with Crippen molar-refractivity contribution in [3.8, 4) is 11.5 Å². The maximum atomic E-state index is 10.7. The second-order valence-corrected chi connectivity index (χ2v) is 3.56. The molecule has 80 valence electrons. The third kappa shape index (κ3) is 2.28. The monoisotopic (exact) mass is 212 g/mol. The molecule has 0 saturated carbocycles. The molecule has 0 fully saturated rings. The van der Waals surface area contributed by atoms with E-state index in [4.69, 9.17) is 4.74 Å². The zero-order valence-electron chi connectivity index (χ0n) is 9.01. The standard InChI is InChI=1S/C14H12O2/c1-11-7-8-12(10-15)9-14(11)16-13-5-3-2-4-6-13/h2-10H,1H3. The van der Waals surface area contributed by atoms with Crippen LogP contribution in [0.25, 0.3) is 0 Å². The zero-order valence-corrected chi connectivity index (χ0v) is 9.01. The van der Waals surface area contributed by atoms with Gasteiger partial charge in [0.15, 0.2) is 0 Å². The van der Waals surface area contributed by atoms with Crippen molar-refractivity contribution in [3.05, 3.63) is 59.7 Å². The Bertz CT molecular complexity index is 489. The topological polar surface area (TPSA) is 26.3 Å². The van der Waals surface area contributed by atoms with Crippen LogP contribution >= 0.6 is 0 Å². The highest BCUT2D eigenvalue weighted by Gasteiger charge is 2.02. The van der Waals surface area contributed by atoms with Gasteiger partial charge in [-0.05, 0) is 30.7 Å². The lowest BCUT2D eigenvalue weighted by Gasteiger charge is -2.08. The van der Waals surface area contributed by atoms with Gasteiger partial charge in [-0.1, -0.05) is 30.3 Å². The van der Waals surface area contributed by atoms with Crippen LogP contribution in [-0.2, 0) is 0 Å². The first-order chi connectivity index (χ1) is 7.79. The summed E-state index contributed by atoms with van der Waals surface area (Å²) < 4.78 is 5.69. The molecule has 0 aliphatic rings. The summed E-state index contributed by atoms with van der Waals surface area (Å²) in [4.78, 5) is 10.7. The van der Waals surface area contributed by atoms with Crippen molar-refractivity contribution in [2.45, 2.75) is 6.92 Å². The number of para-hydroxylation sites is 1. The summed E-state index contributed by atoms with van der Waals surface area (Å²) in [7, 11) is 0. The van der Waals surface area contributed by atoms with Crippen molar-refractivity contribution in [2.24, 2.45) is 0 Å². The Balaban J connectivity index is 2.30. The summed E-state index contributed by atoms with van der Waals surface area (Å²) in [5, 5.41) is 0. The Morgan fingerprint density at radius 2 is 1.81 bits per heavy atom. The van der Waals surface area contributed by atoms with E-state index < -0.39 is 0 Å². The summed E-state index contributed by atoms with van der Waals surface area (Å²) in [6, 6.07) is 14.9. The van der Waals surface area contributed by atoms with Crippen LogP contribution in [0.2, 0.25) is 0 Å². The maximum absolute atomic E-state index is 10.7. The van der Waals surface area contributed by atoms with Gasteiger partial charge < -0.3 is 4.74 Å². The van der Waals surface area contributed by atoms with Crippen LogP contribution in [0.1, 0.15) is 15.9 Å². The molecule has 0 heterocycles. The normalized spacial score (nSPS) is 9.81. The van der Waals surface area contributed by atoms with E-state index in [0.29, 0.717) is 5.56 Å². The molecular weight excluding hydrogens is 200 g/mol. The van der Waals surface area contributed by atoms with Crippen molar-refractivity contribution in [1.29, 1.82) is 0 Å². The summed E-state index contributed by atoms with van der Waals surface area (Å²) in [5.41, 5.74) is 1.63. The molecule has 0 unspecified atom stereocenters. The van der Waals surface area contributed by atoms with E-state index in [9.17, 15) is 4.79 Å². The van der Waals surface area contributed by atoms with Crippen LogP contribution in [-0.4, -0.2) is 6.29 Å². The summed E-state index contributed by atoms with van der Waals surface area (Å²) in [6.07, 6.45) is 0.817. The SMILES string of the molecule is Cc1ccc(C=O)cc1Oc1ccccc1. The number of ether oxygens (including phenoxy) is 1. The molecule has 0 aliphatic heterocycles. The van der Waals surface area contributed by atoms with Gasteiger partial charge in [0.1, 0.15) is 17.8 Å². The van der Waals surface area contributed by atoms with E-state index >= 15 is 0 Å². The van der Waals surface area contributed by atoms with Gasteiger partial charge >= 0.3 is 0 Å². The fourth-order valence-electron chi connectivity index (χ4n) is 1.42. The lowest BCUT2D eigenvalue weighted by Crippen LogP contribution is -1.89. The Hall–Kier alpha value is -2.09. The largest absolute Gasteiger partial charge is 0.457 e. The summed E-state index contributed by atoms with van der Waals surface area (Å²) in [5.74, 6) is 1.49. The van der Waals surface area contributed by atoms with Crippen LogP contribution in [0.3, 0.4) is 0 Å². The molecule has 0 amide bonds. The highest BCUT2D eigenvalue weighted by Crippen LogP contribution is 2.25. The number of hydrogen-bond donors (Lipinski definition) is 0. The Morgan fingerprint density at radius 3 is 2.50 bits per heavy atom. The molecule has 0 saturated heterocycles. The molecule has 0 aromatic heterocycles. The smallest absolute Gasteiger partial charge is 0.150 e. The minimum atomic E-state index is 0.622. The lowest BCUT2D eigenvalue weighted by atomic mass is 10.1. The van der Waals surface area contributed by atoms with Crippen molar-refractivity contribution < 1.29 is 9.53 Å². The molecule has 0 atom stereocenters. The van der Waals surface area contributed by atoms with Gasteiger partial charge in [0.2, 0.25) is 0 Å². The maximum Gasteiger partial charge on any atom is 0.150 e. The molecule has 0 bridgehead atoms. The van der Waals surface area contributed by atoms with E-state index in [1.807, 2.05) is 43.3 Å². The lowest BCUT2D eigenvalue weighted by molar-refractivity contribution is 0.112. The third-order valence-corrected chi connectivity index (χ3v) is 2.32. The predicted molar refractivity (Wildman–Crippen MR) is 63.1 cm³/mol. The van der Waals surface area contributed by atoms with E-state index in [1.165, 1.54) is 0 Å². The molecule has 2 nitrogen and oxygen atoms in total. The van der Waals surface area contributed by atoms with E-state index in [2.05, 4.69) is 0 Å². The molecule has 0 spiro atoms. The summed E-state index contributed by atoms with van der Waals surface area (Å²) >= 11 is 0. The van der Waals surface area contributed by atoms with Gasteiger partial charge in [-0.25, -0.2) is 0 Å². The van der Waals surface area contributed by atoms with Gasteiger partial charge in [0, 0.05) is 5.56 Å². The van der Waals surface area contributed by atoms with E-state index in [0.717, 1.165) is 23.3 Å². The number of aldehydes is 1. The first-order valence-electron chi connectivity index (χ1n) is 5.08. The van der Waals surface area contributed by atoms with E-state index in [-0.39, 0.29) is 0 Å². The van der Waals surface area contributed by atoms with Crippen molar-refractivity contribution in [1.82, 2.24) is 0 Å². The first-order valence-corrected chi connectivity index (χ1v) is 5.08. The number of hydrogen-bond acceptors (Lipinski definition) is 2. The predicted octanol–water partition coefficient (Wildman–Crippen LogP) is 3.60. The quantitative estimate of drug-likeness (QED) is 0.726. The van der Waals surface area contributed by atoms with Gasteiger partial charge in [0.05, 0.1) is 0 Å². The van der Waals surface area contributed by atoms with Crippen LogP contribution < -0.4 is 4.74 Å². The average Bonchev–Trinajstić information content (AvgIpc) is 2.33. The highest BCUT2D eigenvalue weighted by atomic mass is 16.5. The highest BCUT2D eigenvalue weighted by molar-refractivity contribution is 5.75. The minimum Gasteiger partial charge on any atom is -0.457 e. The molecule has 2 aromatic carbocycles. The van der Waals surface area contributed by atoms with Crippen LogP contribution in [0.15, 0.2) is 48.5 Å². The van der Waals surface area contributed by atoms with Gasteiger partial charge in [0.25, 0.3) is 0 Å². The Kier molecular flexibility index (Phi) is 3.01. The molecule has 16 heavy (non-hydrogen) atoms. The Labute approximate surface area is 94.5 Å². The van der Waals surface area contributed by atoms with Crippen molar-refractivity contribution >= 4 is 6.29 Å².